The van der Waals surface area contributed by atoms with E-state index in [1.54, 1.807) is 0 Å². The lowest BCUT2D eigenvalue weighted by Gasteiger charge is -2.27. The van der Waals surface area contributed by atoms with Gasteiger partial charge in [-0.1, -0.05) is 11.6 Å². The highest BCUT2D eigenvalue weighted by molar-refractivity contribution is 6.33. The fourth-order valence-corrected chi connectivity index (χ4v) is 3.12. The average molecular weight is 287 g/mol. The number of anilines is 1. The van der Waals surface area contributed by atoms with Crippen molar-refractivity contribution in [3.63, 3.8) is 0 Å². The molecule has 1 saturated carbocycles. The van der Waals surface area contributed by atoms with Gasteiger partial charge in [0.2, 0.25) is 0 Å². The lowest BCUT2D eigenvalue weighted by molar-refractivity contribution is 0.487. The standard InChI is InChI=1S/C14H17ClF2N2/c15-11-6-10(16)7-12(17)14(11)19-5-1-4-18-13(8-19)9-2-3-9/h6-7,9,13,18H,1-5,8H2. The predicted molar refractivity (Wildman–Crippen MR) is 72.7 cm³/mol. The zero-order valence-electron chi connectivity index (χ0n) is 10.6. The van der Waals surface area contributed by atoms with Crippen LogP contribution in [0.1, 0.15) is 19.3 Å². The van der Waals surface area contributed by atoms with Gasteiger partial charge in [-0.15, -0.1) is 0 Å². The fourth-order valence-electron chi connectivity index (χ4n) is 2.80. The molecular weight excluding hydrogens is 270 g/mol. The van der Waals surface area contributed by atoms with Crippen molar-refractivity contribution < 1.29 is 8.78 Å². The van der Waals surface area contributed by atoms with Crippen molar-refractivity contribution in [2.75, 3.05) is 24.5 Å². The largest absolute Gasteiger partial charge is 0.366 e. The van der Waals surface area contributed by atoms with Crippen LogP contribution >= 0.6 is 11.6 Å². The van der Waals surface area contributed by atoms with E-state index in [0.29, 0.717) is 17.6 Å². The molecular formula is C14H17ClF2N2. The van der Waals surface area contributed by atoms with Crippen LogP contribution in [0.25, 0.3) is 0 Å². The van der Waals surface area contributed by atoms with Gasteiger partial charge in [0, 0.05) is 25.2 Å². The van der Waals surface area contributed by atoms with Crippen LogP contribution in [-0.2, 0) is 0 Å². The summed E-state index contributed by atoms with van der Waals surface area (Å²) in [5, 5.41) is 3.67. The molecule has 0 radical (unpaired) electrons. The van der Waals surface area contributed by atoms with E-state index in [0.717, 1.165) is 32.1 Å². The van der Waals surface area contributed by atoms with Crippen LogP contribution in [0.5, 0.6) is 0 Å². The molecule has 2 nitrogen and oxygen atoms in total. The molecule has 1 unspecified atom stereocenters. The van der Waals surface area contributed by atoms with E-state index >= 15 is 0 Å². The van der Waals surface area contributed by atoms with Crippen molar-refractivity contribution in [1.82, 2.24) is 5.32 Å². The maximum Gasteiger partial charge on any atom is 0.150 e. The minimum absolute atomic E-state index is 0.161. The van der Waals surface area contributed by atoms with Crippen LogP contribution in [0.15, 0.2) is 12.1 Å². The molecule has 0 amide bonds. The minimum Gasteiger partial charge on any atom is -0.366 e. The Balaban J connectivity index is 1.87. The number of rotatable bonds is 2. The smallest absolute Gasteiger partial charge is 0.150 e. The van der Waals surface area contributed by atoms with E-state index in [2.05, 4.69) is 5.32 Å². The second-order valence-corrected chi connectivity index (χ2v) is 5.82. The van der Waals surface area contributed by atoms with Gasteiger partial charge in [-0.2, -0.15) is 0 Å². The Morgan fingerprint density at radius 3 is 2.74 bits per heavy atom. The number of halogens is 3. The second-order valence-electron chi connectivity index (χ2n) is 5.42. The molecule has 5 heteroatoms. The molecule has 1 aliphatic carbocycles. The third kappa shape index (κ3) is 2.84. The maximum absolute atomic E-state index is 14.0. The van der Waals surface area contributed by atoms with E-state index in [1.165, 1.54) is 18.9 Å². The second kappa shape index (κ2) is 5.25. The Morgan fingerprint density at radius 1 is 1.26 bits per heavy atom. The van der Waals surface area contributed by atoms with Gasteiger partial charge in [0.15, 0.2) is 5.82 Å². The van der Waals surface area contributed by atoms with Crippen molar-refractivity contribution in [3.05, 3.63) is 28.8 Å². The lowest BCUT2D eigenvalue weighted by atomic mass is 10.1. The van der Waals surface area contributed by atoms with Gasteiger partial charge in [0.1, 0.15) is 5.82 Å². The minimum atomic E-state index is -0.627. The van der Waals surface area contributed by atoms with Gasteiger partial charge in [-0.25, -0.2) is 8.78 Å². The van der Waals surface area contributed by atoms with Crippen molar-refractivity contribution in [3.8, 4) is 0 Å². The summed E-state index contributed by atoms with van der Waals surface area (Å²) in [7, 11) is 0. The monoisotopic (exact) mass is 286 g/mol. The number of nitrogens with zero attached hydrogens (tertiary/aromatic N) is 1. The molecule has 104 valence electrons. The molecule has 1 saturated heterocycles. The summed E-state index contributed by atoms with van der Waals surface area (Å²) in [5.41, 5.74) is 0.345. The topological polar surface area (TPSA) is 15.3 Å². The molecule has 1 aliphatic heterocycles. The average Bonchev–Trinajstić information content (AvgIpc) is 3.14. The third-order valence-corrected chi connectivity index (χ3v) is 4.21. The van der Waals surface area contributed by atoms with Gasteiger partial charge >= 0.3 is 0 Å². The van der Waals surface area contributed by atoms with Crippen LogP contribution in [0.4, 0.5) is 14.5 Å². The van der Waals surface area contributed by atoms with Crippen molar-refractivity contribution >= 4 is 17.3 Å². The van der Waals surface area contributed by atoms with Crippen LogP contribution in [0.3, 0.4) is 0 Å². The molecule has 0 bridgehead atoms. The highest BCUT2D eigenvalue weighted by Crippen LogP contribution is 2.36. The molecule has 1 aromatic rings. The van der Waals surface area contributed by atoms with Crippen LogP contribution in [0, 0.1) is 17.6 Å². The molecule has 2 aliphatic rings. The van der Waals surface area contributed by atoms with Gasteiger partial charge < -0.3 is 10.2 Å². The first-order chi connectivity index (χ1) is 9.15. The highest BCUT2D eigenvalue weighted by Gasteiger charge is 2.34. The van der Waals surface area contributed by atoms with E-state index in [1.807, 2.05) is 4.90 Å². The summed E-state index contributed by atoms with van der Waals surface area (Å²) in [6.07, 6.45) is 3.42. The quantitative estimate of drug-likeness (QED) is 0.898. The van der Waals surface area contributed by atoms with Crippen LogP contribution < -0.4 is 10.2 Å². The first-order valence-electron chi connectivity index (χ1n) is 6.78. The SMILES string of the molecule is Fc1cc(F)c(N2CCCNC(C3CC3)C2)c(Cl)c1. The molecule has 0 spiro atoms. The molecule has 19 heavy (non-hydrogen) atoms. The van der Waals surface area contributed by atoms with Gasteiger partial charge in [-0.3, -0.25) is 0 Å². The van der Waals surface area contributed by atoms with Gasteiger partial charge in [-0.05, 0) is 37.8 Å². The van der Waals surface area contributed by atoms with Crippen molar-refractivity contribution in [1.29, 1.82) is 0 Å². The maximum atomic E-state index is 14.0. The summed E-state index contributed by atoms with van der Waals surface area (Å²) < 4.78 is 27.1. The summed E-state index contributed by atoms with van der Waals surface area (Å²) in [6, 6.07) is 2.49. The molecule has 0 aromatic heterocycles. The Morgan fingerprint density at radius 2 is 2.05 bits per heavy atom. The normalized spacial score (nSPS) is 24.4. The number of benzene rings is 1. The first-order valence-corrected chi connectivity index (χ1v) is 7.16. The van der Waals surface area contributed by atoms with Gasteiger partial charge in [0.25, 0.3) is 0 Å². The summed E-state index contributed by atoms with van der Waals surface area (Å²) in [5.74, 6) is -0.498. The van der Waals surface area contributed by atoms with Gasteiger partial charge in [0.05, 0.1) is 10.7 Å². The Kier molecular flexibility index (Phi) is 3.63. The Bertz CT molecular complexity index is 454. The van der Waals surface area contributed by atoms with E-state index in [4.69, 9.17) is 11.6 Å². The van der Waals surface area contributed by atoms with Crippen LogP contribution in [0.2, 0.25) is 5.02 Å². The highest BCUT2D eigenvalue weighted by atomic mass is 35.5. The third-order valence-electron chi connectivity index (χ3n) is 3.92. The zero-order chi connectivity index (χ0) is 13.4. The van der Waals surface area contributed by atoms with E-state index in [9.17, 15) is 8.78 Å². The Labute approximate surface area is 116 Å². The zero-order valence-corrected chi connectivity index (χ0v) is 11.4. The predicted octanol–water partition coefficient (Wildman–Crippen LogP) is 3.20. The van der Waals surface area contributed by atoms with E-state index < -0.39 is 11.6 Å². The molecule has 1 atom stereocenters. The molecule has 3 rings (SSSR count). The molecule has 1 aromatic carbocycles. The van der Waals surface area contributed by atoms with E-state index in [-0.39, 0.29) is 5.02 Å². The first kappa shape index (κ1) is 13.1. The summed E-state index contributed by atoms with van der Waals surface area (Å²) in [4.78, 5) is 1.96. The molecule has 1 N–H and O–H groups in total. The Hall–Kier alpha value is -0.870. The number of hydrogen-bond donors (Lipinski definition) is 1. The number of nitrogens with one attached hydrogen (secondary N) is 1. The fraction of sp³-hybridized carbons (Fsp3) is 0.571. The number of hydrogen-bond acceptors (Lipinski definition) is 2. The summed E-state index contributed by atoms with van der Waals surface area (Å²) >= 11 is 6.02. The lowest BCUT2D eigenvalue weighted by Crippen LogP contribution is -2.39. The van der Waals surface area contributed by atoms with Crippen molar-refractivity contribution in [2.45, 2.75) is 25.3 Å². The molecule has 1 heterocycles. The molecule has 2 fully saturated rings. The van der Waals surface area contributed by atoms with Crippen LogP contribution in [-0.4, -0.2) is 25.7 Å². The summed E-state index contributed by atoms with van der Waals surface area (Å²) in [6.45, 7) is 2.43. The van der Waals surface area contributed by atoms with Crippen molar-refractivity contribution in [2.24, 2.45) is 5.92 Å².